The van der Waals surface area contributed by atoms with E-state index in [1.807, 2.05) is 35.0 Å². The zero-order valence-electron chi connectivity index (χ0n) is 36.1. The Kier molecular flexibility index (Phi) is 18.1. The summed E-state index contributed by atoms with van der Waals surface area (Å²) in [6.07, 6.45) is 2.01. The minimum Gasteiger partial charge on any atom is -0.487 e. The number of aromatic nitrogens is 2. The number of ketones is 2. The van der Waals surface area contributed by atoms with Gasteiger partial charge >= 0.3 is 0 Å². The maximum absolute atomic E-state index is 11.4. The molecule has 0 spiro atoms. The molecule has 0 aliphatic carbocycles. The van der Waals surface area contributed by atoms with Gasteiger partial charge in [-0.15, -0.1) is 22.7 Å². The summed E-state index contributed by atoms with van der Waals surface area (Å²) < 4.78 is 25.2. The van der Waals surface area contributed by atoms with Crippen LogP contribution in [0.2, 0.25) is 10.0 Å². The van der Waals surface area contributed by atoms with Crippen molar-refractivity contribution in [3.63, 3.8) is 0 Å². The van der Waals surface area contributed by atoms with Crippen LogP contribution in [0.1, 0.15) is 70.1 Å². The van der Waals surface area contributed by atoms with Crippen molar-refractivity contribution in [3.8, 4) is 34.1 Å². The first-order valence-electron chi connectivity index (χ1n) is 20.7. The van der Waals surface area contributed by atoms with E-state index in [1.165, 1.54) is 36.5 Å². The highest BCUT2D eigenvalue weighted by Crippen LogP contribution is 2.37. The number of aliphatic hydroxyl groups excluding tert-OH is 2. The second kappa shape index (κ2) is 23.9. The summed E-state index contributed by atoms with van der Waals surface area (Å²) in [7, 11) is 0. The third-order valence-electron chi connectivity index (χ3n) is 10.3. The molecule has 4 N–H and O–H groups in total. The number of carbonyl (C=O) groups excluding carboxylic acids is 2. The van der Waals surface area contributed by atoms with E-state index in [9.17, 15) is 19.8 Å². The average Bonchev–Trinajstić information content (AvgIpc) is 3.98. The van der Waals surface area contributed by atoms with Gasteiger partial charge in [0.25, 0.3) is 0 Å². The van der Waals surface area contributed by atoms with Crippen LogP contribution < -0.4 is 29.6 Å². The van der Waals surface area contributed by atoms with Crippen molar-refractivity contribution in [2.75, 3.05) is 13.1 Å². The van der Waals surface area contributed by atoms with Crippen LogP contribution in [0.25, 0.3) is 11.1 Å². The first-order valence-corrected chi connectivity index (χ1v) is 23.2. The largest absolute Gasteiger partial charge is 0.487 e. The Hall–Kier alpha value is -4.90. The van der Waals surface area contributed by atoms with Crippen molar-refractivity contribution in [3.05, 3.63) is 137 Å². The molecule has 0 saturated heterocycles. The molecule has 2 atom stereocenters. The molecule has 6 rings (SSSR count). The molecule has 0 fully saturated rings. The van der Waals surface area contributed by atoms with Crippen molar-refractivity contribution in [2.24, 2.45) is 0 Å². The van der Waals surface area contributed by atoms with E-state index < -0.39 is 12.2 Å². The van der Waals surface area contributed by atoms with Crippen molar-refractivity contribution >= 4 is 57.4 Å². The third-order valence-corrected chi connectivity index (χ3v) is 12.4. The summed E-state index contributed by atoms with van der Waals surface area (Å²) in [6, 6.07) is 19.4. The van der Waals surface area contributed by atoms with E-state index in [-0.39, 0.29) is 63.9 Å². The minimum absolute atomic E-state index is 0.0740. The molecule has 6 aromatic rings. The molecule has 0 unspecified atom stereocenters. The maximum Gasteiger partial charge on any atom is 0.142 e. The number of Topliss-reactive ketones (excluding diaryl/α,β-unsaturated/α-hetero) is 2. The van der Waals surface area contributed by atoms with Crippen LogP contribution in [0.4, 0.5) is 0 Å². The number of ether oxygens (including phenoxy) is 4. The summed E-state index contributed by atoms with van der Waals surface area (Å²) in [5, 5.41) is 33.0. The molecule has 2 heterocycles. The Balaban J connectivity index is 1.15. The smallest absolute Gasteiger partial charge is 0.142 e. The van der Waals surface area contributed by atoms with Gasteiger partial charge in [-0.25, -0.2) is 9.97 Å². The minimum atomic E-state index is -0.798. The van der Waals surface area contributed by atoms with Gasteiger partial charge in [-0.1, -0.05) is 59.6 Å². The van der Waals surface area contributed by atoms with Gasteiger partial charge in [0.2, 0.25) is 0 Å². The number of carbonyl (C=O) groups is 2. The number of nitrogens with one attached hydrogen (secondary N) is 2. The van der Waals surface area contributed by atoms with Crippen LogP contribution in [-0.2, 0) is 49.1 Å². The van der Waals surface area contributed by atoms with Crippen LogP contribution in [-0.4, -0.2) is 57.0 Å². The molecule has 2 aromatic heterocycles. The molecule has 0 aliphatic rings. The lowest BCUT2D eigenvalue weighted by molar-refractivity contribution is -0.119. The number of benzene rings is 4. The molecule has 0 bridgehead atoms. The lowest BCUT2D eigenvalue weighted by Crippen LogP contribution is -2.28. The summed E-state index contributed by atoms with van der Waals surface area (Å²) in [5.74, 6) is 1.88. The zero-order valence-corrected chi connectivity index (χ0v) is 39.3. The molecular weight excluding hydrogens is 896 g/mol. The summed E-state index contributed by atoms with van der Waals surface area (Å²) in [5.41, 5.74) is 7.70. The van der Waals surface area contributed by atoms with Crippen LogP contribution in [0.15, 0.2) is 83.8 Å². The van der Waals surface area contributed by atoms with Crippen molar-refractivity contribution in [2.45, 2.75) is 92.3 Å². The highest BCUT2D eigenvalue weighted by molar-refractivity contribution is 7.09. The number of aliphatic hydroxyl groups is 2. The Morgan fingerprint density at radius 2 is 1.02 bits per heavy atom. The fourth-order valence-electron chi connectivity index (χ4n) is 6.97. The Bertz CT molecular complexity index is 2320. The second-order valence-corrected chi connectivity index (χ2v) is 18.1. The first kappa shape index (κ1) is 48.6. The second-order valence-electron chi connectivity index (χ2n) is 15.3. The topological polar surface area (TPSA) is 161 Å². The van der Waals surface area contributed by atoms with Crippen molar-refractivity contribution in [1.29, 1.82) is 0 Å². The lowest BCUT2D eigenvalue weighted by Gasteiger charge is -2.19. The third kappa shape index (κ3) is 14.0. The van der Waals surface area contributed by atoms with E-state index in [1.54, 1.807) is 36.7 Å². The Morgan fingerprint density at radius 1 is 0.609 bits per heavy atom. The number of hydrogen-bond acceptors (Lipinski definition) is 14. The van der Waals surface area contributed by atoms with E-state index in [0.29, 0.717) is 46.1 Å². The first-order chi connectivity index (χ1) is 30.8. The van der Waals surface area contributed by atoms with Crippen molar-refractivity contribution in [1.82, 2.24) is 20.6 Å². The molecule has 0 amide bonds. The van der Waals surface area contributed by atoms with Gasteiger partial charge in [0.15, 0.2) is 0 Å². The van der Waals surface area contributed by atoms with E-state index >= 15 is 0 Å². The van der Waals surface area contributed by atoms with Gasteiger partial charge in [0, 0.05) is 85.4 Å². The van der Waals surface area contributed by atoms with Gasteiger partial charge in [-0.2, -0.15) is 0 Å². The van der Waals surface area contributed by atoms with E-state index in [0.717, 1.165) is 54.5 Å². The molecule has 0 aliphatic heterocycles. The molecule has 16 heteroatoms. The standard InChI is InChI=1S/C48H52Cl2N4O8S2/c1-29(55)15-37(57)23-51-21-35-17-41(49)45(19-43(35)61-27-47-53-11-13-63-47)59-25-33-7-5-9-39(31(33)3)40-10-6-8-34(32(40)4)26-60-46-20-44(62-28-48-54-12-14-64-48)36(18-42(46)50)22-52-24-38(58)16-30(2)56/h5-14,17-20,37-38,51-52,57-58H,15-16,21-28H2,1-4H3/t37-,38-/m0/s1. The summed E-state index contributed by atoms with van der Waals surface area (Å²) >= 11 is 16.6. The number of nitrogens with zero attached hydrogens (tertiary/aromatic N) is 2. The molecule has 338 valence electrons. The molecule has 0 radical (unpaired) electrons. The molecule has 4 aromatic carbocycles. The normalized spacial score (nSPS) is 12.2. The predicted octanol–water partition coefficient (Wildman–Crippen LogP) is 9.37. The van der Waals surface area contributed by atoms with Crippen LogP contribution >= 0.6 is 45.9 Å². The van der Waals surface area contributed by atoms with Gasteiger partial charge in [0.05, 0.1) is 22.3 Å². The van der Waals surface area contributed by atoms with Crippen LogP contribution in [0.3, 0.4) is 0 Å². The predicted molar refractivity (Wildman–Crippen MR) is 252 cm³/mol. The van der Waals surface area contributed by atoms with E-state index in [4.69, 9.17) is 42.1 Å². The van der Waals surface area contributed by atoms with Crippen LogP contribution in [0.5, 0.6) is 23.0 Å². The van der Waals surface area contributed by atoms with Gasteiger partial charge in [-0.05, 0) is 73.2 Å². The average molecular weight is 948 g/mol. The monoisotopic (exact) mass is 946 g/mol. The Labute approximate surface area is 391 Å². The number of hydrogen-bond donors (Lipinski definition) is 4. The zero-order chi connectivity index (χ0) is 45.6. The SMILES string of the molecule is CC(=O)C[C@H](O)CNCc1cc(Cl)c(OCc2cccc(-c3cccc(COc4cc(OCc5nccs5)c(CNC[C@@H](O)CC(C)=O)cc4Cl)c3C)c2C)cc1OCc1nccs1. The molecular formula is C48H52Cl2N4O8S2. The van der Waals surface area contributed by atoms with E-state index in [2.05, 4.69) is 46.6 Å². The van der Waals surface area contributed by atoms with Gasteiger partial charge in [-0.3, -0.25) is 9.59 Å². The molecule has 12 nitrogen and oxygen atoms in total. The van der Waals surface area contributed by atoms with Gasteiger partial charge < -0.3 is 39.8 Å². The number of thiazole rings is 2. The highest BCUT2D eigenvalue weighted by atomic mass is 35.5. The summed E-state index contributed by atoms with van der Waals surface area (Å²) in [6.45, 7) is 9.25. The lowest BCUT2D eigenvalue weighted by atomic mass is 9.92. The number of rotatable bonds is 25. The fraction of sp³-hybridized carbons (Fsp3) is 0.333. The highest BCUT2D eigenvalue weighted by Gasteiger charge is 2.18. The molecule has 0 saturated carbocycles. The fourth-order valence-corrected chi connectivity index (χ4v) is 8.51. The maximum atomic E-state index is 11.4. The number of halogens is 2. The Morgan fingerprint density at radius 3 is 1.39 bits per heavy atom. The van der Waals surface area contributed by atoms with Gasteiger partial charge in [0.1, 0.15) is 71.0 Å². The van der Waals surface area contributed by atoms with Crippen LogP contribution in [0, 0.1) is 13.8 Å². The summed E-state index contributed by atoms with van der Waals surface area (Å²) in [4.78, 5) is 31.5. The molecule has 64 heavy (non-hydrogen) atoms. The van der Waals surface area contributed by atoms with Crippen molar-refractivity contribution < 1.29 is 38.7 Å². The quantitative estimate of drug-likeness (QED) is 0.0431.